The highest BCUT2D eigenvalue weighted by atomic mass is 15.2. The van der Waals surface area contributed by atoms with Crippen LogP contribution in [0, 0.1) is 0 Å². The summed E-state index contributed by atoms with van der Waals surface area (Å²) in [6, 6.07) is 14.3. The Bertz CT molecular complexity index is 1040. The third-order valence-corrected chi connectivity index (χ3v) is 4.29. The lowest BCUT2D eigenvalue weighted by Gasteiger charge is -2.10. The molecule has 0 radical (unpaired) electrons. The van der Waals surface area contributed by atoms with Crippen molar-refractivity contribution in [2.24, 2.45) is 0 Å². The Hall–Kier alpha value is -3.48. The second kappa shape index (κ2) is 6.11. The fourth-order valence-corrected chi connectivity index (χ4v) is 2.82. The highest BCUT2D eigenvalue weighted by Crippen LogP contribution is 2.29. The summed E-state index contributed by atoms with van der Waals surface area (Å²) in [5.41, 5.74) is 3.45. The van der Waals surface area contributed by atoms with Crippen LogP contribution in [0.5, 0.6) is 0 Å². The van der Waals surface area contributed by atoms with E-state index in [0.29, 0.717) is 12.0 Å². The lowest BCUT2D eigenvalue weighted by Crippen LogP contribution is -2.08. The fourth-order valence-electron chi connectivity index (χ4n) is 2.82. The van der Waals surface area contributed by atoms with Crippen LogP contribution in [0.2, 0.25) is 0 Å². The zero-order valence-electron chi connectivity index (χ0n) is 14.0. The molecule has 0 atom stereocenters. The average Bonchev–Trinajstić information content (AvgIpc) is 3.39. The number of anilines is 3. The predicted octanol–water partition coefficient (Wildman–Crippen LogP) is 3.53. The molecule has 2 N–H and O–H groups in total. The SMILES string of the molecule is c1ccc(-n2cnc3c(NC4CC4)nc(Nc4ccncc4)nc32)cc1. The molecule has 128 valence electrons. The molecular formula is C19H17N7. The maximum atomic E-state index is 4.71. The lowest BCUT2D eigenvalue weighted by molar-refractivity contribution is 1.06. The third-order valence-electron chi connectivity index (χ3n) is 4.29. The molecule has 0 spiro atoms. The summed E-state index contributed by atoms with van der Waals surface area (Å²) in [6.07, 6.45) is 7.59. The molecule has 1 aliphatic rings. The number of fused-ring (bicyclic) bond motifs is 1. The van der Waals surface area contributed by atoms with Gasteiger partial charge in [-0.2, -0.15) is 9.97 Å². The molecule has 0 bridgehead atoms. The highest BCUT2D eigenvalue weighted by Gasteiger charge is 2.24. The number of hydrogen-bond donors (Lipinski definition) is 2. The van der Waals surface area contributed by atoms with Crippen LogP contribution in [0.3, 0.4) is 0 Å². The second-order valence-corrected chi connectivity index (χ2v) is 6.30. The molecule has 7 heteroatoms. The molecule has 0 amide bonds. The number of imidazole rings is 1. The zero-order valence-corrected chi connectivity index (χ0v) is 14.0. The van der Waals surface area contributed by atoms with E-state index in [0.717, 1.165) is 41.2 Å². The number of nitrogens with one attached hydrogen (secondary N) is 2. The van der Waals surface area contributed by atoms with Crippen LogP contribution in [0.1, 0.15) is 12.8 Å². The first kappa shape index (κ1) is 14.8. The summed E-state index contributed by atoms with van der Waals surface area (Å²) in [5, 5.41) is 6.73. The molecule has 3 aromatic heterocycles. The molecule has 5 rings (SSSR count). The number of nitrogens with zero attached hydrogens (tertiary/aromatic N) is 5. The van der Waals surface area contributed by atoms with E-state index in [-0.39, 0.29) is 0 Å². The van der Waals surface area contributed by atoms with E-state index in [1.165, 1.54) is 0 Å². The number of benzene rings is 1. The number of aromatic nitrogens is 5. The summed E-state index contributed by atoms with van der Waals surface area (Å²) in [6.45, 7) is 0. The van der Waals surface area contributed by atoms with Crippen molar-refractivity contribution in [1.82, 2.24) is 24.5 Å². The molecule has 3 heterocycles. The van der Waals surface area contributed by atoms with Gasteiger partial charge in [0.15, 0.2) is 17.0 Å². The smallest absolute Gasteiger partial charge is 0.231 e. The minimum absolute atomic E-state index is 0.476. The quantitative estimate of drug-likeness (QED) is 0.577. The molecule has 0 saturated heterocycles. The van der Waals surface area contributed by atoms with Crippen molar-refractivity contribution in [3.8, 4) is 5.69 Å². The molecule has 1 aliphatic carbocycles. The van der Waals surface area contributed by atoms with Crippen molar-refractivity contribution in [3.63, 3.8) is 0 Å². The maximum Gasteiger partial charge on any atom is 0.231 e. The first-order chi connectivity index (χ1) is 12.9. The van der Waals surface area contributed by atoms with Crippen LogP contribution < -0.4 is 10.6 Å². The standard InChI is InChI=1S/C19H17N7/c1-2-4-15(5-3-1)26-12-21-16-17(22-13-6-7-13)24-19(25-18(16)26)23-14-8-10-20-11-9-14/h1-5,8-13H,6-7H2,(H2,20,22,23,24,25). The van der Waals surface area contributed by atoms with Crippen molar-refractivity contribution in [1.29, 1.82) is 0 Å². The van der Waals surface area contributed by atoms with Crippen LogP contribution in [-0.2, 0) is 0 Å². The highest BCUT2D eigenvalue weighted by molar-refractivity contribution is 5.86. The minimum Gasteiger partial charge on any atom is -0.365 e. The maximum absolute atomic E-state index is 4.71. The molecule has 4 aromatic rings. The largest absolute Gasteiger partial charge is 0.365 e. The number of pyridine rings is 1. The first-order valence-corrected chi connectivity index (χ1v) is 8.61. The van der Waals surface area contributed by atoms with Crippen molar-refractivity contribution in [2.45, 2.75) is 18.9 Å². The molecule has 7 nitrogen and oxygen atoms in total. The first-order valence-electron chi connectivity index (χ1n) is 8.61. The van der Waals surface area contributed by atoms with E-state index in [9.17, 15) is 0 Å². The van der Waals surface area contributed by atoms with Crippen LogP contribution in [0.25, 0.3) is 16.9 Å². The van der Waals surface area contributed by atoms with Gasteiger partial charge >= 0.3 is 0 Å². The van der Waals surface area contributed by atoms with Crippen LogP contribution in [-0.4, -0.2) is 30.5 Å². The number of hydrogen-bond acceptors (Lipinski definition) is 6. The van der Waals surface area contributed by atoms with Gasteiger partial charge in [-0.25, -0.2) is 4.98 Å². The number of para-hydroxylation sites is 1. The van der Waals surface area contributed by atoms with Gasteiger partial charge in [-0.1, -0.05) is 18.2 Å². The Morgan fingerprint density at radius 3 is 2.54 bits per heavy atom. The Morgan fingerprint density at radius 1 is 0.962 bits per heavy atom. The van der Waals surface area contributed by atoms with E-state index < -0.39 is 0 Å². The topological polar surface area (TPSA) is 80.5 Å². The zero-order chi connectivity index (χ0) is 17.3. The van der Waals surface area contributed by atoms with Gasteiger partial charge in [-0.3, -0.25) is 9.55 Å². The van der Waals surface area contributed by atoms with Gasteiger partial charge in [0.2, 0.25) is 5.95 Å². The molecule has 1 saturated carbocycles. The monoisotopic (exact) mass is 343 g/mol. The van der Waals surface area contributed by atoms with E-state index in [1.54, 1.807) is 18.7 Å². The average molecular weight is 343 g/mol. The van der Waals surface area contributed by atoms with Gasteiger partial charge in [0, 0.05) is 29.8 Å². The Balaban J connectivity index is 1.63. The van der Waals surface area contributed by atoms with Crippen molar-refractivity contribution in [2.75, 3.05) is 10.6 Å². The Labute approximate surface area is 150 Å². The van der Waals surface area contributed by atoms with Gasteiger partial charge in [0.25, 0.3) is 0 Å². The molecule has 0 unspecified atom stereocenters. The predicted molar refractivity (Wildman–Crippen MR) is 101 cm³/mol. The van der Waals surface area contributed by atoms with Gasteiger partial charge in [-0.05, 0) is 37.1 Å². The fraction of sp³-hybridized carbons (Fsp3) is 0.158. The van der Waals surface area contributed by atoms with Crippen molar-refractivity contribution < 1.29 is 0 Å². The summed E-state index contributed by atoms with van der Waals surface area (Å²) >= 11 is 0. The Morgan fingerprint density at radius 2 is 1.77 bits per heavy atom. The summed E-state index contributed by atoms with van der Waals surface area (Å²) in [4.78, 5) is 18.0. The van der Waals surface area contributed by atoms with E-state index in [2.05, 4.69) is 25.6 Å². The van der Waals surface area contributed by atoms with Crippen molar-refractivity contribution in [3.05, 3.63) is 61.2 Å². The van der Waals surface area contributed by atoms with Gasteiger partial charge in [0.05, 0.1) is 0 Å². The van der Waals surface area contributed by atoms with Crippen LogP contribution >= 0.6 is 0 Å². The Kier molecular flexibility index (Phi) is 3.48. The molecular weight excluding hydrogens is 326 g/mol. The molecule has 1 fully saturated rings. The van der Waals surface area contributed by atoms with E-state index in [1.807, 2.05) is 47.0 Å². The van der Waals surface area contributed by atoms with E-state index in [4.69, 9.17) is 4.98 Å². The normalized spacial score (nSPS) is 13.7. The molecule has 26 heavy (non-hydrogen) atoms. The van der Waals surface area contributed by atoms with Gasteiger partial charge in [0.1, 0.15) is 6.33 Å². The van der Waals surface area contributed by atoms with Crippen LogP contribution in [0.4, 0.5) is 17.5 Å². The lowest BCUT2D eigenvalue weighted by atomic mass is 10.3. The molecule has 0 aliphatic heterocycles. The number of rotatable bonds is 5. The van der Waals surface area contributed by atoms with Crippen LogP contribution in [0.15, 0.2) is 61.2 Å². The summed E-state index contributed by atoms with van der Waals surface area (Å²) < 4.78 is 1.98. The third kappa shape index (κ3) is 2.83. The van der Waals surface area contributed by atoms with E-state index >= 15 is 0 Å². The minimum atomic E-state index is 0.476. The van der Waals surface area contributed by atoms with Gasteiger partial charge < -0.3 is 10.6 Å². The summed E-state index contributed by atoms with van der Waals surface area (Å²) in [5.74, 6) is 1.30. The summed E-state index contributed by atoms with van der Waals surface area (Å²) in [7, 11) is 0. The van der Waals surface area contributed by atoms with Gasteiger partial charge in [-0.15, -0.1) is 0 Å². The molecule has 1 aromatic carbocycles. The van der Waals surface area contributed by atoms with Crippen molar-refractivity contribution >= 4 is 28.6 Å². The second-order valence-electron chi connectivity index (χ2n) is 6.30.